The summed E-state index contributed by atoms with van der Waals surface area (Å²) in [6.45, 7) is 17.2. The largest absolute Gasteiger partial charge is 0.455 e. The van der Waals surface area contributed by atoms with Crippen LogP contribution in [0.1, 0.15) is 75.7 Å². The molecule has 52 heavy (non-hydrogen) atoms. The molecule has 3 saturated heterocycles. The predicted molar refractivity (Wildman–Crippen MR) is 200 cm³/mol. The van der Waals surface area contributed by atoms with Crippen molar-refractivity contribution in [2.45, 2.75) is 103 Å². The molecule has 2 aromatic rings. The monoisotopic (exact) mass is 713 g/mol. The molecule has 9 atom stereocenters. The zero-order valence-corrected chi connectivity index (χ0v) is 31.5. The molecule has 1 spiro atoms. The Kier molecular flexibility index (Phi) is 12.1. The minimum Gasteiger partial charge on any atom is -0.455 e. The fraction of sp³-hybridized carbons (Fsp3) is 0.524. The Morgan fingerprint density at radius 1 is 1.08 bits per heavy atom. The van der Waals surface area contributed by atoms with Crippen LogP contribution in [0.2, 0.25) is 0 Å². The van der Waals surface area contributed by atoms with Crippen LogP contribution in [0.25, 0.3) is 0 Å². The summed E-state index contributed by atoms with van der Waals surface area (Å²) in [5.74, 6) is -3.55. The van der Waals surface area contributed by atoms with Crippen molar-refractivity contribution in [3.63, 3.8) is 0 Å². The number of benzene rings is 2. The van der Waals surface area contributed by atoms with Gasteiger partial charge in [-0.2, -0.15) is 0 Å². The fourth-order valence-corrected chi connectivity index (χ4v) is 8.73. The first-order chi connectivity index (χ1) is 24.9. The number of aliphatic hydroxyl groups excluding tert-OH is 1. The Labute approximate surface area is 308 Å². The third-order valence-electron chi connectivity index (χ3n) is 11.8. The lowest BCUT2D eigenvalue weighted by Crippen LogP contribution is -2.60. The molecule has 5 rings (SSSR count). The second-order valence-corrected chi connectivity index (χ2v) is 14.8. The van der Waals surface area contributed by atoms with E-state index in [1.54, 1.807) is 29.0 Å². The van der Waals surface area contributed by atoms with Crippen molar-refractivity contribution in [2.24, 2.45) is 17.8 Å². The van der Waals surface area contributed by atoms with E-state index in [0.29, 0.717) is 31.2 Å². The number of hydrogen-bond donors (Lipinski definition) is 1. The van der Waals surface area contributed by atoms with Crippen LogP contribution < -0.4 is 4.90 Å². The summed E-state index contributed by atoms with van der Waals surface area (Å²) in [6, 6.07) is 12.8. The van der Waals surface area contributed by atoms with E-state index in [2.05, 4.69) is 13.2 Å². The Balaban J connectivity index is 1.56. The number of amides is 3. The van der Waals surface area contributed by atoms with Crippen molar-refractivity contribution < 1.29 is 33.8 Å². The maximum atomic E-state index is 15.2. The van der Waals surface area contributed by atoms with Crippen molar-refractivity contribution in [3.8, 4) is 0 Å². The molecular formula is C42H55N3O7. The normalized spacial score (nSPS) is 25.5. The average Bonchev–Trinajstić information content (AvgIpc) is 3.79. The van der Waals surface area contributed by atoms with E-state index in [1.165, 1.54) is 4.90 Å². The summed E-state index contributed by atoms with van der Waals surface area (Å²) in [5, 5.41) is 10.8. The number of likely N-dealkylation sites (N-methyl/N-ethyl adjacent to an activating group) is 1. The lowest BCUT2D eigenvalue weighted by Gasteiger charge is -2.41. The van der Waals surface area contributed by atoms with Gasteiger partial charge in [0.2, 0.25) is 11.8 Å². The van der Waals surface area contributed by atoms with Crippen molar-refractivity contribution in [3.05, 3.63) is 90.5 Å². The van der Waals surface area contributed by atoms with Crippen LogP contribution in [0.15, 0.2) is 73.8 Å². The second kappa shape index (κ2) is 16.2. The lowest BCUT2D eigenvalue weighted by atomic mass is 9.70. The number of ether oxygens (including phenoxy) is 2. The van der Waals surface area contributed by atoms with Crippen LogP contribution in [0.5, 0.6) is 0 Å². The number of carbonyl (C=O) groups excluding carboxylic acids is 4. The molecular weight excluding hydrogens is 658 g/mol. The molecule has 3 fully saturated rings. The number of para-hydroxylation sites is 1. The van der Waals surface area contributed by atoms with Crippen LogP contribution in [0, 0.1) is 31.6 Å². The van der Waals surface area contributed by atoms with Gasteiger partial charge in [0.1, 0.15) is 17.7 Å². The molecule has 0 saturated carbocycles. The number of hydrogen-bond acceptors (Lipinski definition) is 7. The van der Waals surface area contributed by atoms with E-state index in [4.69, 9.17) is 9.47 Å². The molecule has 280 valence electrons. The third kappa shape index (κ3) is 6.83. The highest BCUT2D eigenvalue weighted by atomic mass is 16.6. The lowest BCUT2D eigenvalue weighted by molar-refractivity contribution is -0.165. The van der Waals surface area contributed by atoms with Gasteiger partial charge in [-0.15, -0.1) is 13.2 Å². The Morgan fingerprint density at radius 3 is 2.35 bits per heavy atom. The van der Waals surface area contributed by atoms with Gasteiger partial charge in [-0.3, -0.25) is 19.2 Å². The van der Waals surface area contributed by atoms with Crippen LogP contribution in [0.4, 0.5) is 5.69 Å². The van der Waals surface area contributed by atoms with E-state index in [0.717, 1.165) is 16.8 Å². The highest BCUT2D eigenvalue weighted by Gasteiger charge is 2.76. The molecule has 0 unspecified atom stereocenters. The van der Waals surface area contributed by atoms with Crippen LogP contribution in [-0.2, 0) is 28.7 Å². The number of esters is 1. The number of rotatable bonds is 16. The summed E-state index contributed by atoms with van der Waals surface area (Å²) < 4.78 is 13.1. The number of aliphatic hydroxyl groups is 1. The van der Waals surface area contributed by atoms with Gasteiger partial charge < -0.3 is 29.3 Å². The van der Waals surface area contributed by atoms with Gasteiger partial charge in [0.25, 0.3) is 5.91 Å². The molecule has 3 amide bonds. The van der Waals surface area contributed by atoms with Gasteiger partial charge in [0, 0.05) is 25.7 Å². The zero-order valence-electron chi connectivity index (χ0n) is 31.5. The van der Waals surface area contributed by atoms with Crippen LogP contribution in [0.3, 0.4) is 0 Å². The van der Waals surface area contributed by atoms with E-state index in [-0.39, 0.29) is 43.2 Å². The average molecular weight is 714 g/mol. The molecule has 10 nitrogen and oxygen atoms in total. The van der Waals surface area contributed by atoms with Gasteiger partial charge in [-0.05, 0) is 62.6 Å². The summed E-state index contributed by atoms with van der Waals surface area (Å²) in [4.78, 5) is 62.5. The van der Waals surface area contributed by atoms with Crippen molar-refractivity contribution in [1.29, 1.82) is 0 Å². The zero-order chi connectivity index (χ0) is 37.9. The Hall–Kier alpha value is -4.28. The number of likely N-dealkylation sites (tertiary alicyclic amines) is 1. The van der Waals surface area contributed by atoms with Gasteiger partial charge in [-0.1, -0.05) is 81.0 Å². The SMILES string of the molecule is C=CCCC(=O)N(C)[C@@H](C)[C@@H](OC(=O)[C@@H]1[C@@H]2CC[C@]3(O2)[C@H](C(=O)N(CC=C)c2c(C)cccc2C)N([C@@H](CO)[C@@H](C)CC)C(=O)[C@@H]13)c1ccccc1. The predicted octanol–water partition coefficient (Wildman–Crippen LogP) is 5.70. The Bertz CT molecular complexity index is 1640. The van der Waals surface area contributed by atoms with Gasteiger partial charge in [-0.25, -0.2) is 0 Å². The number of carbonyl (C=O) groups is 4. The van der Waals surface area contributed by atoms with E-state index < -0.39 is 53.7 Å². The Morgan fingerprint density at radius 2 is 1.75 bits per heavy atom. The minimum atomic E-state index is -1.30. The number of fused-ring (bicyclic) bond motifs is 1. The van der Waals surface area contributed by atoms with E-state index in [9.17, 15) is 19.5 Å². The third-order valence-corrected chi connectivity index (χ3v) is 11.8. The first-order valence-electron chi connectivity index (χ1n) is 18.6. The molecule has 0 radical (unpaired) electrons. The van der Waals surface area contributed by atoms with Gasteiger partial charge in [0.05, 0.1) is 36.6 Å². The van der Waals surface area contributed by atoms with Crippen molar-refractivity contribution in [2.75, 3.05) is 25.1 Å². The number of anilines is 1. The number of nitrogens with zero attached hydrogens (tertiary/aromatic N) is 3. The van der Waals surface area contributed by atoms with Gasteiger partial charge in [0.15, 0.2) is 0 Å². The maximum Gasteiger partial charge on any atom is 0.313 e. The topological polar surface area (TPSA) is 117 Å². The highest BCUT2D eigenvalue weighted by Crippen LogP contribution is 2.60. The molecule has 0 aliphatic carbocycles. The molecule has 3 heterocycles. The first-order valence-corrected chi connectivity index (χ1v) is 18.6. The van der Waals surface area contributed by atoms with Crippen molar-refractivity contribution in [1.82, 2.24) is 9.80 Å². The van der Waals surface area contributed by atoms with E-state index >= 15 is 4.79 Å². The smallest absolute Gasteiger partial charge is 0.313 e. The summed E-state index contributed by atoms with van der Waals surface area (Å²) in [5.41, 5.74) is 1.94. The molecule has 0 aromatic heterocycles. The van der Waals surface area contributed by atoms with Crippen LogP contribution in [-0.4, -0.2) is 88.6 Å². The first kappa shape index (κ1) is 38.9. The maximum absolute atomic E-state index is 15.2. The highest BCUT2D eigenvalue weighted by molar-refractivity contribution is 6.05. The van der Waals surface area contributed by atoms with Crippen LogP contribution >= 0.6 is 0 Å². The minimum absolute atomic E-state index is 0.109. The molecule has 3 aliphatic heterocycles. The second-order valence-electron chi connectivity index (χ2n) is 14.8. The van der Waals surface area contributed by atoms with Gasteiger partial charge >= 0.3 is 5.97 Å². The quantitative estimate of drug-likeness (QED) is 0.175. The standard InChI is InChI=1S/C42H55N3O7/c1-9-12-21-33(47)43(8)29(7)37(30-19-14-13-15-20-30)51-41(50)34-32-22-23-42(52-32)35(34)39(48)45(31(25-46)26(4)11-3)38(42)40(49)44(24-10-2)36-27(5)17-16-18-28(36)6/h9-10,13-20,26,29,31-32,34-35,37-38,46H,1-2,11-12,21-25H2,3-8H3/t26-,29-,31-,32-,34+,35+,37+,38-,42+/m0/s1. The molecule has 2 bridgehead atoms. The molecule has 3 aliphatic rings. The molecule has 1 N–H and O–H groups in total. The number of allylic oxidation sites excluding steroid dienone is 1. The molecule has 10 heteroatoms. The summed E-state index contributed by atoms with van der Waals surface area (Å²) >= 11 is 0. The summed E-state index contributed by atoms with van der Waals surface area (Å²) in [6.07, 6.45) is 4.20. The number of aryl methyl sites for hydroxylation is 2. The molecule has 2 aromatic carbocycles. The fourth-order valence-electron chi connectivity index (χ4n) is 8.73. The van der Waals surface area contributed by atoms with Crippen molar-refractivity contribution >= 4 is 29.4 Å². The van der Waals surface area contributed by atoms with E-state index in [1.807, 2.05) is 83.1 Å². The summed E-state index contributed by atoms with van der Waals surface area (Å²) in [7, 11) is 1.69.